The van der Waals surface area contributed by atoms with Gasteiger partial charge in [0.25, 0.3) is 0 Å². The molecule has 0 bridgehead atoms. The molecule has 0 aliphatic carbocycles. The molecule has 57 heavy (non-hydrogen) atoms. The van der Waals surface area contributed by atoms with Crippen LogP contribution in [0.4, 0.5) is 23.2 Å². The number of carbonyl (C=O) groups is 1. The number of benzene rings is 5. The first-order valence-electron chi connectivity index (χ1n) is 18.0. The van der Waals surface area contributed by atoms with Crippen LogP contribution in [0.3, 0.4) is 0 Å². The lowest BCUT2D eigenvalue weighted by Crippen LogP contribution is -2.48. The molecule has 0 fully saturated rings. The summed E-state index contributed by atoms with van der Waals surface area (Å²) in [5, 5.41) is 15.3. The van der Waals surface area contributed by atoms with Crippen LogP contribution in [0.5, 0.6) is 5.75 Å². The number of thiocarbonyl (C=S) groups is 1. The van der Waals surface area contributed by atoms with E-state index in [1.165, 1.54) is 36.4 Å². The van der Waals surface area contributed by atoms with Crippen LogP contribution in [-0.2, 0) is 43.5 Å². The van der Waals surface area contributed by atoms with Gasteiger partial charge < -0.3 is 24.8 Å². The smallest absolute Gasteiger partial charge is 0.416 e. The predicted molar refractivity (Wildman–Crippen MR) is 214 cm³/mol. The number of hydrogen-bond acceptors (Lipinski definition) is 5. The first-order valence-corrected chi connectivity index (χ1v) is 18.4. The lowest BCUT2D eigenvalue weighted by molar-refractivity contribution is -0.138. The highest BCUT2D eigenvalue weighted by molar-refractivity contribution is 7.80. The Balaban J connectivity index is 1.25. The number of alkyl halides is 3. The van der Waals surface area contributed by atoms with Crippen LogP contribution in [0.2, 0.25) is 0 Å². The van der Waals surface area contributed by atoms with E-state index < -0.39 is 23.6 Å². The van der Waals surface area contributed by atoms with Crippen molar-refractivity contribution in [3.63, 3.8) is 0 Å². The standard InChI is InChI=1S/C44H38F4N6O2S/c45-36-10-6-11-37(22-36)52-43(57)53(27-35-9-4-5-12-41(35)44(46,47)48)28-38(21-31-17-19-40(20-18-31)56-29-34-7-2-1-3-8-34)51-42(55)23-39-25-50-30-54(39)26-33-15-13-32(24-49)14-16-33/h1-20,22,25,30,38H,21,23,26-29H2,(H,51,55)(H,52,57)/t38-/m0/s1. The zero-order valence-corrected chi connectivity index (χ0v) is 31.4. The van der Waals surface area contributed by atoms with Crippen molar-refractivity contribution in [1.29, 1.82) is 5.26 Å². The van der Waals surface area contributed by atoms with E-state index in [1.807, 2.05) is 71.3 Å². The second-order valence-corrected chi connectivity index (χ2v) is 13.7. The molecule has 5 aromatic carbocycles. The highest BCUT2D eigenvalue weighted by Crippen LogP contribution is 2.32. The van der Waals surface area contributed by atoms with Gasteiger partial charge >= 0.3 is 6.18 Å². The number of nitriles is 1. The van der Waals surface area contributed by atoms with Crippen molar-refractivity contribution in [3.8, 4) is 11.8 Å². The molecule has 0 spiro atoms. The highest BCUT2D eigenvalue weighted by atomic mass is 32.1. The van der Waals surface area contributed by atoms with E-state index >= 15 is 0 Å². The lowest BCUT2D eigenvalue weighted by atomic mass is 10.0. The topological polar surface area (TPSA) is 95.2 Å². The fourth-order valence-corrected chi connectivity index (χ4v) is 6.52. The van der Waals surface area contributed by atoms with Crippen LogP contribution in [0.1, 0.15) is 39.1 Å². The maximum absolute atomic E-state index is 14.2. The van der Waals surface area contributed by atoms with Gasteiger partial charge in [0.15, 0.2) is 5.11 Å². The Labute approximate surface area is 333 Å². The first-order chi connectivity index (χ1) is 27.5. The minimum Gasteiger partial charge on any atom is -0.489 e. The van der Waals surface area contributed by atoms with Gasteiger partial charge in [-0.1, -0.05) is 78.9 Å². The van der Waals surface area contributed by atoms with Crippen molar-refractivity contribution in [2.45, 2.75) is 44.8 Å². The molecule has 1 amide bonds. The van der Waals surface area contributed by atoms with Gasteiger partial charge in [-0.2, -0.15) is 18.4 Å². The van der Waals surface area contributed by atoms with Crippen molar-refractivity contribution >= 4 is 28.9 Å². The number of aromatic nitrogens is 2. The molecule has 1 atom stereocenters. The Bertz CT molecular complexity index is 2310. The number of carbonyl (C=O) groups excluding carboxylic acids is 1. The quantitative estimate of drug-likeness (QED) is 0.0794. The molecule has 8 nitrogen and oxygen atoms in total. The summed E-state index contributed by atoms with van der Waals surface area (Å²) in [5.41, 5.74) is 3.40. The second kappa shape index (κ2) is 18.9. The number of rotatable bonds is 15. The van der Waals surface area contributed by atoms with Crippen LogP contribution in [0.25, 0.3) is 0 Å². The number of amides is 1. The summed E-state index contributed by atoms with van der Waals surface area (Å²) in [6.45, 7) is 0.538. The number of anilines is 1. The summed E-state index contributed by atoms with van der Waals surface area (Å²) in [6, 6.07) is 36.5. The van der Waals surface area contributed by atoms with Crippen molar-refractivity contribution in [1.82, 2.24) is 19.8 Å². The third-order valence-corrected chi connectivity index (χ3v) is 9.44. The van der Waals surface area contributed by atoms with Crippen LogP contribution in [0, 0.1) is 17.1 Å². The maximum Gasteiger partial charge on any atom is 0.416 e. The van der Waals surface area contributed by atoms with Gasteiger partial charge in [-0.25, -0.2) is 9.37 Å². The Kier molecular flexibility index (Phi) is 13.3. The normalized spacial score (nSPS) is 11.6. The van der Waals surface area contributed by atoms with E-state index in [1.54, 1.807) is 35.6 Å². The molecule has 0 radical (unpaired) electrons. The molecule has 290 valence electrons. The zero-order chi connectivity index (χ0) is 40.2. The van der Waals surface area contributed by atoms with Gasteiger partial charge in [-0.3, -0.25) is 4.79 Å². The Morgan fingerprint density at radius 1 is 0.895 bits per heavy atom. The summed E-state index contributed by atoms with van der Waals surface area (Å²) >= 11 is 5.76. The van der Waals surface area contributed by atoms with Gasteiger partial charge in [0.1, 0.15) is 18.2 Å². The average Bonchev–Trinajstić information content (AvgIpc) is 3.63. The molecule has 0 aliphatic heterocycles. The van der Waals surface area contributed by atoms with E-state index in [-0.39, 0.29) is 42.5 Å². The van der Waals surface area contributed by atoms with E-state index in [0.717, 1.165) is 22.8 Å². The molecular formula is C44H38F4N6O2S. The summed E-state index contributed by atoms with van der Waals surface area (Å²) in [7, 11) is 0. The summed E-state index contributed by atoms with van der Waals surface area (Å²) in [4.78, 5) is 19.6. The van der Waals surface area contributed by atoms with Gasteiger partial charge in [0, 0.05) is 37.2 Å². The third-order valence-electron chi connectivity index (χ3n) is 9.08. The van der Waals surface area contributed by atoms with Crippen LogP contribution in [0.15, 0.2) is 140 Å². The Hall–Kier alpha value is -6.52. The van der Waals surface area contributed by atoms with Crippen molar-refractivity contribution in [2.75, 3.05) is 11.9 Å². The number of hydrogen-bond donors (Lipinski definition) is 2. The van der Waals surface area contributed by atoms with E-state index in [0.29, 0.717) is 35.8 Å². The lowest BCUT2D eigenvalue weighted by Gasteiger charge is -2.31. The summed E-state index contributed by atoms with van der Waals surface area (Å²) in [5.74, 6) is -0.217. The summed E-state index contributed by atoms with van der Waals surface area (Å²) in [6.07, 6.45) is -1.16. The zero-order valence-electron chi connectivity index (χ0n) is 30.6. The molecular weight excluding hydrogens is 753 g/mol. The number of ether oxygens (including phenoxy) is 1. The highest BCUT2D eigenvalue weighted by Gasteiger charge is 2.34. The second-order valence-electron chi connectivity index (χ2n) is 13.4. The number of nitrogens with zero attached hydrogens (tertiary/aromatic N) is 4. The predicted octanol–water partition coefficient (Wildman–Crippen LogP) is 8.71. The van der Waals surface area contributed by atoms with E-state index in [4.69, 9.17) is 22.2 Å². The minimum absolute atomic E-state index is 0.00412. The Morgan fingerprint density at radius 3 is 2.33 bits per heavy atom. The molecule has 6 aromatic rings. The van der Waals surface area contributed by atoms with Gasteiger partial charge in [0.05, 0.1) is 36.0 Å². The number of nitrogens with one attached hydrogen (secondary N) is 2. The molecule has 0 aliphatic rings. The summed E-state index contributed by atoms with van der Waals surface area (Å²) < 4.78 is 64.5. The SMILES string of the molecule is N#Cc1ccc(Cn2cncc2CC(=O)N[C@@H](Cc2ccc(OCc3ccccc3)cc2)CN(Cc2ccccc2C(F)(F)F)C(=S)Nc2cccc(F)c2)cc1. The van der Waals surface area contributed by atoms with E-state index in [2.05, 4.69) is 21.7 Å². The third kappa shape index (κ3) is 11.7. The van der Waals surface area contributed by atoms with Gasteiger partial charge in [-0.15, -0.1) is 0 Å². The number of halogens is 4. The van der Waals surface area contributed by atoms with Crippen molar-refractivity contribution in [2.24, 2.45) is 0 Å². The fraction of sp³-hybridized carbons (Fsp3) is 0.182. The molecule has 0 unspecified atom stereocenters. The average molecular weight is 791 g/mol. The van der Waals surface area contributed by atoms with Crippen LogP contribution in [-0.4, -0.2) is 38.1 Å². The molecule has 13 heteroatoms. The minimum atomic E-state index is -4.63. The van der Waals surface area contributed by atoms with Gasteiger partial charge in [0.2, 0.25) is 5.91 Å². The molecule has 0 saturated heterocycles. The van der Waals surface area contributed by atoms with Crippen LogP contribution < -0.4 is 15.4 Å². The van der Waals surface area contributed by atoms with Gasteiger partial charge in [-0.05, 0) is 89.4 Å². The fourth-order valence-electron chi connectivity index (χ4n) is 6.27. The molecule has 6 rings (SSSR count). The first kappa shape index (κ1) is 40.2. The molecule has 1 heterocycles. The number of imidazole rings is 1. The van der Waals surface area contributed by atoms with E-state index in [9.17, 15) is 22.4 Å². The largest absolute Gasteiger partial charge is 0.489 e. The van der Waals surface area contributed by atoms with Crippen molar-refractivity contribution < 1.29 is 27.1 Å². The Morgan fingerprint density at radius 2 is 1.61 bits per heavy atom. The molecule has 2 N–H and O–H groups in total. The van der Waals surface area contributed by atoms with Crippen molar-refractivity contribution in [3.05, 3.63) is 185 Å². The van der Waals surface area contributed by atoms with Crippen LogP contribution >= 0.6 is 12.2 Å². The molecule has 0 saturated carbocycles. The maximum atomic E-state index is 14.2. The molecule has 1 aromatic heterocycles. The monoisotopic (exact) mass is 790 g/mol.